The van der Waals surface area contributed by atoms with E-state index in [1.165, 1.54) is 12.6 Å². The number of amides is 1. The van der Waals surface area contributed by atoms with Crippen molar-refractivity contribution in [3.63, 3.8) is 0 Å². The van der Waals surface area contributed by atoms with Crippen molar-refractivity contribution in [2.24, 2.45) is 5.41 Å². The summed E-state index contributed by atoms with van der Waals surface area (Å²) in [6.07, 6.45) is 6.23. The van der Waals surface area contributed by atoms with E-state index in [0.717, 1.165) is 49.3 Å². The minimum Gasteiger partial charge on any atom is -0.444 e. The molecule has 3 fully saturated rings. The molecule has 0 radical (unpaired) electrons. The number of hydrogen-bond donors (Lipinski definition) is 2. The lowest BCUT2D eigenvalue weighted by Gasteiger charge is -2.58. The fraction of sp³-hybridized carbons (Fsp3) is 0.621. The Bertz CT molecular complexity index is 1310. The van der Waals surface area contributed by atoms with Crippen LogP contribution in [0.15, 0.2) is 6.07 Å². The number of carbonyl (C=O) groups excluding carboxylic acids is 1. The standard InChI is InChI=1S/C29H40Cl2N6O2/c1-17-22(23-19(14-32)21(33)11-20(30)24(23)31)25(36-10-8-7-9-28(36,5)6)34-37(17)18-12-29(13-18)15-35(16-29)26(38)39-27(2,3)4/h11,14,18,32H,7-10,12-13,15-16,33H2,1-6H3. The van der Waals surface area contributed by atoms with E-state index in [0.29, 0.717) is 39.9 Å². The quantitative estimate of drug-likeness (QED) is 0.300. The summed E-state index contributed by atoms with van der Waals surface area (Å²) in [5, 5.41) is 14.2. The van der Waals surface area contributed by atoms with Crippen LogP contribution in [-0.2, 0) is 4.74 Å². The summed E-state index contributed by atoms with van der Waals surface area (Å²) in [4.78, 5) is 16.7. The number of halogens is 2. The van der Waals surface area contributed by atoms with Crippen LogP contribution in [0.3, 0.4) is 0 Å². The van der Waals surface area contributed by atoms with Crippen molar-refractivity contribution in [1.29, 1.82) is 5.41 Å². The smallest absolute Gasteiger partial charge is 0.410 e. The first-order valence-electron chi connectivity index (χ1n) is 13.8. The number of piperidine rings is 1. The van der Waals surface area contributed by atoms with E-state index in [1.807, 2.05) is 20.8 Å². The highest BCUT2D eigenvalue weighted by molar-refractivity contribution is 6.44. The first kappa shape index (κ1) is 28.1. The van der Waals surface area contributed by atoms with Crippen molar-refractivity contribution in [1.82, 2.24) is 14.7 Å². The number of ether oxygens (including phenoxy) is 1. The van der Waals surface area contributed by atoms with Crippen LogP contribution in [0.25, 0.3) is 11.1 Å². The molecule has 212 valence electrons. The van der Waals surface area contributed by atoms with Gasteiger partial charge in [0.1, 0.15) is 5.60 Å². The highest BCUT2D eigenvalue weighted by atomic mass is 35.5. The summed E-state index contributed by atoms with van der Waals surface area (Å²) in [6.45, 7) is 14.6. The van der Waals surface area contributed by atoms with Crippen molar-refractivity contribution in [3.05, 3.63) is 27.4 Å². The Hall–Kier alpha value is -2.45. The third-order valence-electron chi connectivity index (χ3n) is 8.61. The molecule has 1 aromatic heterocycles. The van der Waals surface area contributed by atoms with Crippen molar-refractivity contribution in [2.75, 3.05) is 30.3 Å². The molecule has 5 rings (SSSR count). The molecule has 0 unspecified atom stereocenters. The van der Waals surface area contributed by atoms with Crippen LogP contribution in [0.1, 0.15) is 84.0 Å². The molecule has 1 amide bonds. The third kappa shape index (κ3) is 4.88. The van der Waals surface area contributed by atoms with Crippen molar-refractivity contribution < 1.29 is 9.53 Å². The maximum Gasteiger partial charge on any atom is 0.410 e. The number of anilines is 2. The molecule has 2 aromatic rings. The van der Waals surface area contributed by atoms with E-state index in [2.05, 4.69) is 30.4 Å². The summed E-state index contributed by atoms with van der Waals surface area (Å²) < 4.78 is 7.69. The molecular formula is C29H40Cl2N6O2. The average molecular weight is 576 g/mol. The zero-order valence-corrected chi connectivity index (χ0v) is 25.3. The maximum atomic E-state index is 12.5. The highest BCUT2D eigenvalue weighted by Gasteiger charge is 2.55. The van der Waals surface area contributed by atoms with Crippen LogP contribution >= 0.6 is 23.2 Å². The van der Waals surface area contributed by atoms with Gasteiger partial charge in [0.25, 0.3) is 0 Å². The van der Waals surface area contributed by atoms with E-state index in [-0.39, 0.29) is 23.1 Å². The number of hydrogen-bond acceptors (Lipinski definition) is 6. The molecule has 2 saturated heterocycles. The van der Waals surface area contributed by atoms with Gasteiger partial charge in [-0.25, -0.2) is 4.79 Å². The molecule has 0 bridgehead atoms. The van der Waals surface area contributed by atoms with E-state index >= 15 is 0 Å². The van der Waals surface area contributed by atoms with Gasteiger partial charge in [-0.1, -0.05) is 23.2 Å². The second kappa shape index (κ2) is 9.58. The highest BCUT2D eigenvalue weighted by Crippen LogP contribution is 2.56. The summed E-state index contributed by atoms with van der Waals surface area (Å²) in [5.41, 5.74) is 9.40. The van der Waals surface area contributed by atoms with Crippen LogP contribution in [0.5, 0.6) is 0 Å². The molecule has 0 atom stereocenters. The summed E-state index contributed by atoms with van der Waals surface area (Å²) in [7, 11) is 0. The van der Waals surface area contributed by atoms with E-state index in [1.54, 1.807) is 11.0 Å². The minimum atomic E-state index is -0.497. The van der Waals surface area contributed by atoms with E-state index in [4.69, 9.17) is 44.2 Å². The van der Waals surface area contributed by atoms with Crippen LogP contribution in [0.4, 0.5) is 16.3 Å². The fourth-order valence-electron chi connectivity index (χ4n) is 6.65. The zero-order valence-electron chi connectivity index (χ0n) is 23.8. The maximum absolute atomic E-state index is 12.5. The zero-order chi connectivity index (χ0) is 28.5. The summed E-state index contributed by atoms with van der Waals surface area (Å²) in [6, 6.07) is 1.82. The van der Waals surface area contributed by atoms with Gasteiger partial charge in [0.05, 0.1) is 16.1 Å². The molecule has 3 aliphatic rings. The van der Waals surface area contributed by atoms with Crippen LogP contribution < -0.4 is 10.6 Å². The van der Waals surface area contributed by atoms with Crippen LogP contribution in [0, 0.1) is 17.7 Å². The summed E-state index contributed by atoms with van der Waals surface area (Å²) in [5.74, 6) is 0.869. The van der Waals surface area contributed by atoms with Crippen molar-refractivity contribution >= 4 is 47.0 Å². The first-order valence-corrected chi connectivity index (χ1v) is 14.5. The molecule has 39 heavy (non-hydrogen) atoms. The second-order valence-electron chi connectivity index (χ2n) is 13.2. The SMILES string of the molecule is Cc1c(-c2c(Cl)c(Cl)cc(N)c2C=N)c(N2CCCCC2(C)C)nn1C1CC2(C1)CN(C(=O)OC(C)(C)C)C2. The Morgan fingerprint density at radius 2 is 1.87 bits per heavy atom. The molecule has 1 aliphatic carbocycles. The van der Waals surface area contributed by atoms with Gasteiger partial charge in [-0.3, -0.25) is 4.68 Å². The summed E-state index contributed by atoms with van der Waals surface area (Å²) >= 11 is 13.4. The lowest BCUT2D eigenvalue weighted by molar-refractivity contribution is -0.0930. The van der Waals surface area contributed by atoms with E-state index < -0.39 is 5.60 Å². The van der Waals surface area contributed by atoms with Gasteiger partial charge in [0.15, 0.2) is 5.82 Å². The van der Waals surface area contributed by atoms with Crippen LogP contribution in [0.2, 0.25) is 10.0 Å². The van der Waals surface area contributed by atoms with Crippen LogP contribution in [-0.4, -0.2) is 57.8 Å². The molecule has 3 N–H and O–H groups in total. The second-order valence-corrected chi connectivity index (χ2v) is 14.0. The van der Waals surface area contributed by atoms with Crippen molar-refractivity contribution in [3.8, 4) is 11.1 Å². The number of aromatic nitrogens is 2. The topological polar surface area (TPSA) is 100 Å². The third-order valence-corrected chi connectivity index (χ3v) is 9.40. The van der Waals surface area contributed by atoms with Gasteiger partial charge in [-0.05, 0) is 79.7 Å². The number of nitrogens with one attached hydrogen (secondary N) is 1. The van der Waals surface area contributed by atoms with E-state index in [9.17, 15) is 4.79 Å². The minimum absolute atomic E-state index is 0.0806. The first-order chi connectivity index (χ1) is 18.2. The van der Waals surface area contributed by atoms with Gasteiger partial charge in [0, 0.05) is 64.9 Å². The molecular weight excluding hydrogens is 535 g/mol. The Balaban J connectivity index is 1.50. The van der Waals surface area contributed by atoms with Crippen molar-refractivity contribution in [2.45, 2.75) is 90.8 Å². The van der Waals surface area contributed by atoms with Gasteiger partial charge in [0.2, 0.25) is 0 Å². The number of carbonyl (C=O) groups is 1. The molecule has 10 heteroatoms. The molecule has 1 spiro atoms. The Kier molecular flexibility index (Phi) is 6.90. The van der Waals surface area contributed by atoms with Gasteiger partial charge >= 0.3 is 6.09 Å². The lowest BCUT2D eigenvalue weighted by atomic mass is 9.61. The molecule has 3 heterocycles. The number of rotatable bonds is 4. The lowest BCUT2D eigenvalue weighted by Crippen LogP contribution is -2.64. The van der Waals surface area contributed by atoms with Gasteiger partial charge in [-0.15, -0.1) is 0 Å². The number of benzene rings is 1. The molecule has 8 nitrogen and oxygen atoms in total. The number of likely N-dealkylation sites (tertiary alicyclic amines) is 1. The Morgan fingerprint density at radius 3 is 2.46 bits per heavy atom. The largest absolute Gasteiger partial charge is 0.444 e. The normalized spacial score (nSPS) is 20.5. The fourth-order valence-corrected chi connectivity index (χ4v) is 7.11. The predicted molar refractivity (Wildman–Crippen MR) is 159 cm³/mol. The molecule has 2 aliphatic heterocycles. The number of nitrogens with zero attached hydrogens (tertiary/aromatic N) is 4. The Labute approximate surface area is 241 Å². The number of nitrogens with two attached hydrogens (primary N) is 1. The molecule has 1 aromatic carbocycles. The number of nitrogen functional groups attached to an aromatic ring is 1. The predicted octanol–water partition coefficient (Wildman–Crippen LogP) is 7.09. The average Bonchev–Trinajstić information content (AvgIpc) is 3.08. The van der Waals surface area contributed by atoms with Gasteiger partial charge in [-0.2, -0.15) is 5.10 Å². The molecule has 1 saturated carbocycles. The Morgan fingerprint density at radius 1 is 1.21 bits per heavy atom. The monoisotopic (exact) mass is 574 g/mol. The van der Waals surface area contributed by atoms with Gasteiger partial charge < -0.3 is 25.7 Å².